The van der Waals surface area contributed by atoms with Gasteiger partial charge in [-0.2, -0.15) is 0 Å². The summed E-state index contributed by atoms with van der Waals surface area (Å²) in [4.78, 5) is 20.4. The topological polar surface area (TPSA) is 105 Å². The molecule has 0 bridgehead atoms. The van der Waals surface area contributed by atoms with E-state index in [0.29, 0.717) is 13.2 Å². The highest BCUT2D eigenvalue weighted by atomic mass is 16.6. The average molecular weight is 284 g/mol. The van der Waals surface area contributed by atoms with E-state index in [1.54, 1.807) is 14.2 Å². The normalized spacial score (nSPS) is 10.6. The Labute approximate surface area is 117 Å². The fourth-order valence-corrected chi connectivity index (χ4v) is 1.59. The van der Waals surface area contributed by atoms with Gasteiger partial charge in [0, 0.05) is 33.8 Å². The third kappa shape index (κ3) is 4.59. The predicted molar refractivity (Wildman–Crippen MR) is 76.1 cm³/mol. The van der Waals surface area contributed by atoms with Crippen LogP contribution in [0.3, 0.4) is 0 Å². The quantitative estimate of drug-likeness (QED) is 0.496. The van der Waals surface area contributed by atoms with Gasteiger partial charge in [-0.15, -0.1) is 0 Å². The van der Waals surface area contributed by atoms with Gasteiger partial charge in [0.1, 0.15) is 6.33 Å². The van der Waals surface area contributed by atoms with Gasteiger partial charge in [-0.05, 0) is 7.05 Å². The van der Waals surface area contributed by atoms with Crippen LogP contribution in [0.1, 0.15) is 0 Å². The Balaban J connectivity index is 2.62. The van der Waals surface area contributed by atoms with Crippen molar-refractivity contribution in [3.8, 4) is 0 Å². The average Bonchev–Trinajstić information content (AvgIpc) is 2.44. The van der Waals surface area contributed by atoms with E-state index < -0.39 is 4.92 Å². The number of methoxy groups -OCH3 is 1. The lowest BCUT2D eigenvalue weighted by Crippen LogP contribution is -2.28. The van der Waals surface area contributed by atoms with E-state index in [-0.39, 0.29) is 17.3 Å². The first-order valence-corrected chi connectivity index (χ1v) is 6.18. The molecule has 0 aliphatic carbocycles. The molecule has 0 radical (unpaired) electrons. The molecule has 0 aliphatic heterocycles. The molecule has 0 spiro atoms. The molecule has 2 N–H and O–H groups in total. The molecule has 0 aromatic carbocycles. The molecule has 1 aromatic heterocycles. The molecule has 0 saturated carbocycles. The van der Waals surface area contributed by atoms with Gasteiger partial charge in [0.05, 0.1) is 11.5 Å². The van der Waals surface area contributed by atoms with Gasteiger partial charge in [0.2, 0.25) is 11.6 Å². The minimum absolute atomic E-state index is 0.144. The van der Waals surface area contributed by atoms with Gasteiger partial charge in [0.15, 0.2) is 0 Å². The third-order valence-corrected chi connectivity index (χ3v) is 2.70. The molecular weight excluding hydrogens is 264 g/mol. The number of nitro groups is 1. The van der Waals surface area contributed by atoms with Crippen molar-refractivity contribution in [3.63, 3.8) is 0 Å². The second-order valence-electron chi connectivity index (χ2n) is 4.15. The summed E-state index contributed by atoms with van der Waals surface area (Å²) in [5.74, 6) is 0.412. The van der Waals surface area contributed by atoms with Crippen molar-refractivity contribution in [2.45, 2.75) is 0 Å². The van der Waals surface area contributed by atoms with Crippen molar-refractivity contribution in [1.29, 1.82) is 0 Å². The van der Waals surface area contributed by atoms with Gasteiger partial charge >= 0.3 is 5.69 Å². The van der Waals surface area contributed by atoms with Gasteiger partial charge in [-0.1, -0.05) is 0 Å². The summed E-state index contributed by atoms with van der Waals surface area (Å²) < 4.78 is 4.98. The lowest BCUT2D eigenvalue weighted by atomic mass is 10.4. The van der Waals surface area contributed by atoms with Gasteiger partial charge in [0.25, 0.3) is 0 Å². The Morgan fingerprint density at radius 1 is 1.40 bits per heavy atom. The van der Waals surface area contributed by atoms with E-state index in [0.717, 1.165) is 13.1 Å². The highest BCUT2D eigenvalue weighted by Gasteiger charge is 2.21. The zero-order valence-corrected chi connectivity index (χ0v) is 11.9. The molecule has 9 heteroatoms. The molecular formula is C11H20N6O3. The molecule has 0 atom stereocenters. The molecule has 1 heterocycles. The summed E-state index contributed by atoms with van der Waals surface area (Å²) in [5.41, 5.74) is -0.144. The van der Waals surface area contributed by atoms with E-state index in [2.05, 4.69) is 25.5 Å². The molecule has 9 nitrogen and oxygen atoms in total. The van der Waals surface area contributed by atoms with Crippen LogP contribution < -0.4 is 10.6 Å². The van der Waals surface area contributed by atoms with Crippen LogP contribution in [0, 0.1) is 10.1 Å². The Bertz CT molecular complexity index is 442. The van der Waals surface area contributed by atoms with Crippen LogP contribution in [0.2, 0.25) is 0 Å². The SMILES string of the molecule is CNc1ncnc(NCCN(C)CCOC)c1[N+](=O)[O-]. The van der Waals surface area contributed by atoms with Crippen LogP contribution in [0.4, 0.5) is 17.3 Å². The second kappa shape index (κ2) is 8.23. The summed E-state index contributed by atoms with van der Waals surface area (Å²) >= 11 is 0. The van der Waals surface area contributed by atoms with Crippen molar-refractivity contribution in [2.75, 3.05) is 58.1 Å². The van der Waals surface area contributed by atoms with E-state index in [1.165, 1.54) is 6.33 Å². The standard InChI is InChI=1S/C11H20N6O3/c1-12-10-9(17(18)19)11(15-8-14-10)13-4-5-16(2)6-7-20-3/h8H,4-7H2,1-3H3,(H2,12,13,14,15). The summed E-state index contributed by atoms with van der Waals surface area (Å²) in [6, 6.07) is 0. The number of hydrogen-bond donors (Lipinski definition) is 2. The molecule has 0 unspecified atom stereocenters. The fraction of sp³-hybridized carbons (Fsp3) is 0.636. The number of hydrogen-bond acceptors (Lipinski definition) is 8. The molecule has 0 aliphatic rings. The number of aromatic nitrogens is 2. The van der Waals surface area contributed by atoms with E-state index >= 15 is 0 Å². The number of nitrogens with one attached hydrogen (secondary N) is 2. The smallest absolute Gasteiger partial charge is 0.353 e. The van der Waals surface area contributed by atoms with Crippen molar-refractivity contribution in [3.05, 3.63) is 16.4 Å². The summed E-state index contributed by atoms with van der Waals surface area (Å²) in [6.07, 6.45) is 1.29. The summed E-state index contributed by atoms with van der Waals surface area (Å²) in [6.45, 7) is 2.71. The Morgan fingerprint density at radius 3 is 2.70 bits per heavy atom. The van der Waals surface area contributed by atoms with Crippen LogP contribution in [0.25, 0.3) is 0 Å². The van der Waals surface area contributed by atoms with Crippen LogP contribution in [-0.2, 0) is 4.74 Å². The van der Waals surface area contributed by atoms with Crippen molar-refractivity contribution < 1.29 is 9.66 Å². The van der Waals surface area contributed by atoms with Crippen molar-refractivity contribution >= 4 is 17.3 Å². The molecule has 0 saturated heterocycles. The van der Waals surface area contributed by atoms with E-state index in [1.807, 2.05) is 7.05 Å². The first-order chi connectivity index (χ1) is 9.60. The number of ether oxygens (including phenoxy) is 1. The third-order valence-electron chi connectivity index (χ3n) is 2.70. The van der Waals surface area contributed by atoms with Gasteiger partial charge < -0.3 is 20.3 Å². The summed E-state index contributed by atoms with van der Waals surface area (Å²) in [7, 11) is 5.18. The maximum Gasteiger partial charge on any atom is 0.353 e. The zero-order chi connectivity index (χ0) is 15.0. The minimum Gasteiger partial charge on any atom is -0.383 e. The second-order valence-corrected chi connectivity index (χ2v) is 4.15. The Morgan fingerprint density at radius 2 is 2.10 bits per heavy atom. The van der Waals surface area contributed by atoms with Crippen molar-refractivity contribution in [2.24, 2.45) is 0 Å². The van der Waals surface area contributed by atoms with E-state index in [4.69, 9.17) is 4.74 Å². The van der Waals surface area contributed by atoms with Crippen LogP contribution in [0.15, 0.2) is 6.33 Å². The minimum atomic E-state index is -0.497. The molecule has 20 heavy (non-hydrogen) atoms. The van der Waals surface area contributed by atoms with Gasteiger partial charge in [-0.25, -0.2) is 9.97 Å². The number of likely N-dealkylation sites (N-methyl/N-ethyl adjacent to an activating group) is 1. The molecule has 0 fully saturated rings. The molecule has 1 aromatic rings. The monoisotopic (exact) mass is 284 g/mol. The molecule has 0 amide bonds. The lowest BCUT2D eigenvalue weighted by Gasteiger charge is -2.16. The highest BCUT2D eigenvalue weighted by Crippen LogP contribution is 2.27. The first-order valence-electron chi connectivity index (χ1n) is 6.18. The maximum atomic E-state index is 11.1. The Kier molecular flexibility index (Phi) is 6.60. The summed E-state index contributed by atoms with van der Waals surface area (Å²) in [5, 5.41) is 16.7. The number of anilines is 2. The molecule has 1 rings (SSSR count). The fourth-order valence-electron chi connectivity index (χ4n) is 1.59. The lowest BCUT2D eigenvalue weighted by molar-refractivity contribution is -0.383. The van der Waals surface area contributed by atoms with Crippen LogP contribution in [0.5, 0.6) is 0 Å². The zero-order valence-electron chi connectivity index (χ0n) is 11.9. The predicted octanol–water partition coefficient (Wildman–Crippen LogP) is 0.417. The number of rotatable bonds is 9. The number of nitrogens with zero attached hydrogens (tertiary/aromatic N) is 4. The molecule has 112 valence electrons. The highest BCUT2D eigenvalue weighted by molar-refractivity contribution is 5.68. The van der Waals surface area contributed by atoms with Crippen LogP contribution in [-0.4, -0.2) is 67.2 Å². The first kappa shape index (κ1) is 16.1. The largest absolute Gasteiger partial charge is 0.383 e. The Hall–Kier alpha value is -2.00. The van der Waals surface area contributed by atoms with Crippen molar-refractivity contribution in [1.82, 2.24) is 14.9 Å². The van der Waals surface area contributed by atoms with E-state index in [9.17, 15) is 10.1 Å². The van der Waals surface area contributed by atoms with Gasteiger partial charge in [-0.3, -0.25) is 10.1 Å². The van der Waals surface area contributed by atoms with Crippen LogP contribution >= 0.6 is 0 Å². The maximum absolute atomic E-state index is 11.1.